The standard InChI is InChI=1S/C21H24N4O2S/c26-21(16-7-4-8-19(10-16)27-12-18-13-28-14-22-18)23-20-11-17(24-25-20)9-15-5-2-1-3-6-15/h4,7-8,10-11,13-15H,1-3,5-6,9,12H2,(H2,23,24,25,26). The SMILES string of the molecule is O=C(Nc1cc(CC2CCCCC2)[nH]n1)c1cccc(OCc2cscn2)c1. The second-order valence-electron chi connectivity index (χ2n) is 7.24. The van der Waals surface area contributed by atoms with Crippen LogP contribution in [0, 0.1) is 5.92 Å². The second-order valence-corrected chi connectivity index (χ2v) is 7.96. The number of ether oxygens (including phenoxy) is 1. The van der Waals surface area contributed by atoms with Crippen molar-refractivity contribution in [2.24, 2.45) is 5.92 Å². The van der Waals surface area contributed by atoms with Gasteiger partial charge < -0.3 is 10.1 Å². The van der Waals surface area contributed by atoms with E-state index in [1.165, 1.54) is 43.4 Å². The van der Waals surface area contributed by atoms with Crippen LogP contribution in [0.15, 0.2) is 41.2 Å². The number of hydrogen-bond acceptors (Lipinski definition) is 5. The smallest absolute Gasteiger partial charge is 0.256 e. The van der Waals surface area contributed by atoms with E-state index in [1.807, 2.05) is 23.6 Å². The van der Waals surface area contributed by atoms with Gasteiger partial charge in [-0.15, -0.1) is 11.3 Å². The van der Waals surface area contributed by atoms with Gasteiger partial charge in [0.1, 0.15) is 12.4 Å². The average molecular weight is 397 g/mol. The number of aromatic nitrogens is 3. The molecule has 3 aromatic rings. The van der Waals surface area contributed by atoms with Gasteiger partial charge in [0.25, 0.3) is 5.91 Å². The summed E-state index contributed by atoms with van der Waals surface area (Å²) >= 11 is 1.53. The molecule has 4 rings (SSSR count). The maximum atomic E-state index is 12.6. The Bertz CT molecular complexity index is 901. The minimum atomic E-state index is -0.199. The number of aromatic amines is 1. The number of benzene rings is 1. The van der Waals surface area contributed by atoms with Gasteiger partial charge in [-0.2, -0.15) is 5.10 Å². The van der Waals surface area contributed by atoms with E-state index in [0.717, 1.165) is 23.7 Å². The third-order valence-electron chi connectivity index (χ3n) is 5.07. The van der Waals surface area contributed by atoms with Crippen molar-refractivity contribution < 1.29 is 9.53 Å². The lowest BCUT2D eigenvalue weighted by Crippen LogP contribution is -2.12. The molecule has 2 N–H and O–H groups in total. The first-order valence-corrected chi connectivity index (χ1v) is 10.7. The lowest BCUT2D eigenvalue weighted by atomic mass is 9.86. The molecule has 1 aliphatic carbocycles. The summed E-state index contributed by atoms with van der Waals surface area (Å²) in [5, 5.41) is 12.1. The molecule has 1 aromatic carbocycles. The highest BCUT2D eigenvalue weighted by Crippen LogP contribution is 2.27. The van der Waals surface area contributed by atoms with Crippen LogP contribution in [0.25, 0.3) is 0 Å². The number of nitrogens with zero attached hydrogens (tertiary/aromatic N) is 2. The molecular weight excluding hydrogens is 372 g/mol. The number of nitrogens with one attached hydrogen (secondary N) is 2. The maximum Gasteiger partial charge on any atom is 0.256 e. The molecule has 2 heterocycles. The van der Waals surface area contributed by atoms with E-state index >= 15 is 0 Å². The maximum absolute atomic E-state index is 12.6. The molecule has 0 bridgehead atoms. The fraction of sp³-hybridized carbons (Fsp3) is 0.381. The molecule has 2 aromatic heterocycles. The number of carbonyl (C=O) groups excluding carboxylic acids is 1. The average Bonchev–Trinajstić information content (AvgIpc) is 3.40. The lowest BCUT2D eigenvalue weighted by molar-refractivity contribution is 0.102. The van der Waals surface area contributed by atoms with Gasteiger partial charge in [-0.25, -0.2) is 4.98 Å². The first-order chi connectivity index (χ1) is 13.8. The predicted molar refractivity (Wildman–Crippen MR) is 110 cm³/mol. The molecule has 0 unspecified atom stereocenters. The zero-order valence-electron chi connectivity index (χ0n) is 15.7. The molecule has 0 radical (unpaired) electrons. The molecule has 146 valence electrons. The topological polar surface area (TPSA) is 79.9 Å². The number of H-pyrrole nitrogens is 1. The molecule has 1 aliphatic rings. The number of thiazole rings is 1. The molecule has 6 nitrogen and oxygen atoms in total. The molecule has 1 amide bonds. The summed E-state index contributed by atoms with van der Waals surface area (Å²) in [4.78, 5) is 16.8. The monoisotopic (exact) mass is 396 g/mol. The van der Waals surface area contributed by atoms with Crippen LogP contribution < -0.4 is 10.1 Å². The highest BCUT2D eigenvalue weighted by atomic mass is 32.1. The van der Waals surface area contributed by atoms with Gasteiger partial charge in [0, 0.05) is 22.7 Å². The molecule has 1 saturated carbocycles. The van der Waals surface area contributed by atoms with Gasteiger partial charge >= 0.3 is 0 Å². The van der Waals surface area contributed by atoms with Crippen molar-refractivity contribution in [2.45, 2.75) is 45.1 Å². The van der Waals surface area contributed by atoms with Crippen LogP contribution in [-0.4, -0.2) is 21.1 Å². The predicted octanol–water partition coefficient (Wildman–Crippen LogP) is 4.82. The van der Waals surface area contributed by atoms with Crippen LogP contribution in [0.2, 0.25) is 0 Å². The zero-order valence-corrected chi connectivity index (χ0v) is 16.5. The van der Waals surface area contributed by atoms with Crippen LogP contribution in [-0.2, 0) is 13.0 Å². The van der Waals surface area contributed by atoms with Crippen LogP contribution in [0.5, 0.6) is 5.75 Å². The Morgan fingerprint density at radius 1 is 1.25 bits per heavy atom. The van der Waals surface area contributed by atoms with E-state index < -0.39 is 0 Å². The quantitative estimate of drug-likeness (QED) is 0.600. The summed E-state index contributed by atoms with van der Waals surface area (Å²) < 4.78 is 5.72. The number of hydrogen-bond donors (Lipinski definition) is 2. The Kier molecular flexibility index (Phi) is 6.01. The van der Waals surface area contributed by atoms with E-state index in [-0.39, 0.29) is 5.91 Å². The van der Waals surface area contributed by atoms with E-state index in [1.54, 1.807) is 17.6 Å². The molecule has 1 fully saturated rings. The molecule has 0 saturated heterocycles. The summed E-state index contributed by atoms with van der Waals surface area (Å²) in [6.07, 6.45) is 7.57. The summed E-state index contributed by atoms with van der Waals surface area (Å²) in [6.45, 7) is 0.387. The molecule has 0 spiro atoms. The molecule has 0 atom stereocenters. The van der Waals surface area contributed by atoms with Gasteiger partial charge in [0.15, 0.2) is 5.82 Å². The minimum Gasteiger partial charge on any atom is -0.487 e. The van der Waals surface area contributed by atoms with E-state index in [4.69, 9.17) is 4.74 Å². The van der Waals surface area contributed by atoms with E-state index in [9.17, 15) is 4.79 Å². The van der Waals surface area contributed by atoms with Gasteiger partial charge in [-0.05, 0) is 30.5 Å². The molecule has 7 heteroatoms. The fourth-order valence-corrected chi connectivity index (χ4v) is 4.16. The summed E-state index contributed by atoms with van der Waals surface area (Å²) in [6, 6.07) is 9.08. The molecule has 0 aliphatic heterocycles. The largest absolute Gasteiger partial charge is 0.487 e. The number of amides is 1. The third kappa shape index (κ3) is 4.98. The van der Waals surface area contributed by atoms with Crippen LogP contribution in [0.1, 0.15) is 53.8 Å². The number of carbonyl (C=O) groups is 1. The Morgan fingerprint density at radius 2 is 2.14 bits per heavy atom. The van der Waals surface area contributed by atoms with Gasteiger partial charge in [-0.3, -0.25) is 9.89 Å². The Morgan fingerprint density at radius 3 is 2.96 bits per heavy atom. The zero-order chi connectivity index (χ0) is 19.2. The van der Waals surface area contributed by atoms with Crippen molar-refractivity contribution in [1.29, 1.82) is 0 Å². The molecule has 28 heavy (non-hydrogen) atoms. The Labute approximate surface area is 168 Å². The van der Waals surface area contributed by atoms with Crippen molar-refractivity contribution in [2.75, 3.05) is 5.32 Å². The highest BCUT2D eigenvalue weighted by molar-refractivity contribution is 7.07. The first kappa shape index (κ1) is 18.7. The summed E-state index contributed by atoms with van der Waals surface area (Å²) in [5.41, 5.74) is 4.27. The normalized spacial score (nSPS) is 14.7. The van der Waals surface area contributed by atoms with E-state index in [2.05, 4.69) is 20.5 Å². The van der Waals surface area contributed by atoms with Crippen molar-refractivity contribution in [3.8, 4) is 5.75 Å². The van der Waals surface area contributed by atoms with Gasteiger partial charge in [-0.1, -0.05) is 38.2 Å². The van der Waals surface area contributed by atoms with Crippen molar-refractivity contribution in [3.63, 3.8) is 0 Å². The number of rotatable bonds is 7. The van der Waals surface area contributed by atoms with Crippen LogP contribution in [0.4, 0.5) is 5.82 Å². The third-order valence-corrected chi connectivity index (χ3v) is 5.71. The molecular formula is C21H24N4O2S. The van der Waals surface area contributed by atoms with Crippen LogP contribution >= 0.6 is 11.3 Å². The van der Waals surface area contributed by atoms with Gasteiger partial charge in [0.2, 0.25) is 0 Å². The van der Waals surface area contributed by atoms with Crippen molar-refractivity contribution in [3.05, 3.63) is 58.2 Å². The first-order valence-electron chi connectivity index (χ1n) is 9.72. The van der Waals surface area contributed by atoms with Crippen molar-refractivity contribution in [1.82, 2.24) is 15.2 Å². The lowest BCUT2D eigenvalue weighted by Gasteiger charge is -2.20. The van der Waals surface area contributed by atoms with Gasteiger partial charge in [0.05, 0.1) is 11.2 Å². The second kappa shape index (κ2) is 9.01. The summed E-state index contributed by atoms with van der Waals surface area (Å²) in [7, 11) is 0. The highest BCUT2D eigenvalue weighted by Gasteiger charge is 2.16. The minimum absolute atomic E-state index is 0.199. The van der Waals surface area contributed by atoms with E-state index in [0.29, 0.717) is 23.7 Å². The van der Waals surface area contributed by atoms with Crippen LogP contribution in [0.3, 0.4) is 0 Å². The number of anilines is 1. The Balaban J connectivity index is 1.33. The Hall–Kier alpha value is -2.67. The van der Waals surface area contributed by atoms with Crippen molar-refractivity contribution >= 4 is 23.1 Å². The summed E-state index contributed by atoms with van der Waals surface area (Å²) in [5.74, 6) is 1.73. The fourth-order valence-electron chi connectivity index (χ4n) is 3.61.